The van der Waals surface area contributed by atoms with Crippen molar-refractivity contribution in [2.45, 2.75) is 26.8 Å². The van der Waals surface area contributed by atoms with E-state index < -0.39 is 5.97 Å². The van der Waals surface area contributed by atoms with Gasteiger partial charge in [-0.1, -0.05) is 6.92 Å². The average molecular weight is 191 g/mol. The van der Waals surface area contributed by atoms with Crippen molar-refractivity contribution in [1.29, 1.82) is 0 Å². The molecule has 0 amide bonds. The van der Waals surface area contributed by atoms with Gasteiger partial charge in [-0.05, 0) is 20.4 Å². The minimum atomic E-state index is -0.754. The van der Waals surface area contributed by atoms with Crippen LogP contribution in [-0.4, -0.2) is 46.7 Å². The van der Waals surface area contributed by atoms with Gasteiger partial charge in [0, 0.05) is 6.04 Å². The van der Waals surface area contributed by atoms with Crippen LogP contribution in [0.2, 0.25) is 0 Å². The number of likely N-dealkylation sites (N-methyl/N-ethyl adjacent to an activating group) is 1. The summed E-state index contributed by atoms with van der Waals surface area (Å²) in [4.78, 5) is 20.5. The highest BCUT2D eigenvalue weighted by Gasteiger charge is 2.09. The molecule has 0 radical (unpaired) electrons. The van der Waals surface area contributed by atoms with Gasteiger partial charge in [0.1, 0.15) is 0 Å². The number of rotatable bonds is 4. The number of carboxylic acid groups (broad SMARTS) is 2. The van der Waals surface area contributed by atoms with Crippen molar-refractivity contribution in [3.05, 3.63) is 0 Å². The van der Waals surface area contributed by atoms with Crippen LogP contribution in [0.15, 0.2) is 0 Å². The van der Waals surface area contributed by atoms with Crippen molar-refractivity contribution < 1.29 is 19.8 Å². The highest BCUT2D eigenvalue weighted by molar-refractivity contribution is 5.69. The van der Waals surface area contributed by atoms with E-state index in [0.29, 0.717) is 6.04 Å². The molecule has 0 saturated carbocycles. The van der Waals surface area contributed by atoms with E-state index in [2.05, 4.69) is 0 Å². The zero-order valence-corrected chi connectivity index (χ0v) is 8.23. The molecule has 0 unspecified atom stereocenters. The van der Waals surface area contributed by atoms with E-state index in [4.69, 9.17) is 15.0 Å². The molecule has 0 bridgehead atoms. The molecule has 78 valence electrons. The van der Waals surface area contributed by atoms with Crippen LogP contribution in [-0.2, 0) is 9.59 Å². The van der Waals surface area contributed by atoms with Crippen LogP contribution in [0.4, 0.5) is 0 Å². The lowest BCUT2D eigenvalue weighted by Gasteiger charge is -2.21. The summed E-state index contributed by atoms with van der Waals surface area (Å²) in [6, 6.07) is 0.320. The first-order valence-electron chi connectivity index (χ1n) is 4.03. The van der Waals surface area contributed by atoms with E-state index in [1.165, 1.54) is 0 Å². The van der Waals surface area contributed by atoms with Gasteiger partial charge in [0.15, 0.2) is 0 Å². The van der Waals surface area contributed by atoms with Gasteiger partial charge >= 0.3 is 5.97 Å². The van der Waals surface area contributed by atoms with Crippen LogP contribution in [0.1, 0.15) is 20.8 Å². The van der Waals surface area contributed by atoms with Crippen molar-refractivity contribution in [3.63, 3.8) is 0 Å². The number of hydrogen-bond donors (Lipinski definition) is 2. The molecule has 0 aliphatic carbocycles. The molecule has 0 spiro atoms. The first kappa shape index (κ1) is 14.4. The van der Waals surface area contributed by atoms with Crippen molar-refractivity contribution >= 4 is 12.4 Å². The zero-order valence-electron chi connectivity index (χ0n) is 8.23. The predicted octanol–water partition coefficient (Wildman–Crippen LogP) is 0.502. The Morgan fingerprint density at radius 2 is 1.92 bits per heavy atom. The van der Waals surface area contributed by atoms with Crippen molar-refractivity contribution in [1.82, 2.24) is 4.90 Å². The highest BCUT2D eigenvalue weighted by Crippen LogP contribution is 1.95. The van der Waals surface area contributed by atoms with Crippen molar-refractivity contribution in [2.24, 2.45) is 0 Å². The zero-order chi connectivity index (χ0) is 10.9. The molecule has 0 aliphatic heterocycles. The van der Waals surface area contributed by atoms with Crippen molar-refractivity contribution in [3.8, 4) is 0 Å². The van der Waals surface area contributed by atoms with E-state index in [1.807, 2.05) is 25.7 Å². The first-order chi connectivity index (χ1) is 5.99. The lowest BCUT2D eigenvalue weighted by atomic mass is 10.3. The monoisotopic (exact) mass is 191 g/mol. The topological polar surface area (TPSA) is 77.8 Å². The maximum absolute atomic E-state index is 10.2. The van der Waals surface area contributed by atoms with Crippen LogP contribution in [0.5, 0.6) is 0 Å². The van der Waals surface area contributed by atoms with E-state index in [1.54, 1.807) is 0 Å². The maximum atomic E-state index is 10.2. The molecule has 0 aromatic carbocycles. The molecule has 5 nitrogen and oxygen atoms in total. The van der Waals surface area contributed by atoms with Gasteiger partial charge in [0.2, 0.25) is 0 Å². The van der Waals surface area contributed by atoms with Gasteiger partial charge in [-0.2, -0.15) is 0 Å². The van der Waals surface area contributed by atoms with Gasteiger partial charge in [-0.3, -0.25) is 14.5 Å². The first-order valence-corrected chi connectivity index (χ1v) is 4.03. The molecule has 0 aromatic rings. The Hall–Kier alpha value is -1.10. The third kappa shape index (κ3) is 10.9. The second-order valence-electron chi connectivity index (χ2n) is 2.66. The third-order valence-electron chi connectivity index (χ3n) is 1.47. The standard InChI is InChI=1S/C7H15NO2.CH2O2/c1-4-8(6(2)3)5-7(9)10;2-1-3/h6H,4-5H2,1-3H3,(H,9,10);1H,(H,2,3). The smallest absolute Gasteiger partial charge is 0.317 e. The summed E-state index contributed by atoms with van der Waals surface area (Å²) >= 11 is 0. The average Bonchev–Trinajstić information content (AvgIpc) is 2.00. The summed E-state index contributed by atoms with van der Waals surface area (Å²) in [5, 5.41) is 15.3. The molecule has 13 heavy (non-hydrogen) atoms. The molecular formula is C8H17NO4. The fourth-order valence-electron chi connectivity index (χ4n) is 0.833. The molecule has 0 atom stereocenters. The maximum Gasteiger partial charge on any atom is 0.317 e. The summed E-state index contributed by atoms with van der Waals surface area (Å²) in [5.74, 6) is -0.754. The van der Waals surface area contributed by atoms with E-state index in [-0.39, 0.29) is 13.0 Å². The molecule has 0 aliphatic rings. The van der Waals surface area contributed by atoms with E-state index in [0.717, 1.165) is 6.54 Å². The SMILES string of the molecule is CCN(CC(=O)O)C(C)C.O=CO. The minimum Gasteiger partial charge on any atom is -0.483 e. The van der Waals surface area contributed by atoms with Gasteiger partial charge < -0.3 is 10.2 Å². The van der Waals surface area contributed by atoms with Gasteiger partial charge in [0.05, 0.1) is 6.54 Å². The summed E-state index contributed by atoms with van der Waals surface area (Å²) in [7, 11) is 0. The van der Waals surface area contributed by atoms with Gasteiger partial charge in [0.25, 0.3) is 6.47 Å². The fraction of sp³-hybridized carbons (Fsp3) is 0.750. The molecular weight excluding hydrogens is 174 g/mol. The normalized spacial score (nSPS) is 9.31. The number of nitrogens with zero attached hydrogens (tertiary/aromatic N) is 1. The minimum absolute atomic E-state index is 0.147. The van der Waals surface area contributed by atoms with Crippen LogP contribution in [0, 0.1) is 0 Å². The number of aliphatic carboxylic acids is 1. The fourth-order valence-corrected chi connectivity index (χ4v) is 0.833. The number of hydrogen-bond acceptors (Lipinski definition) is 3. The third-order valence-corrected chi connectivity index (χ3v) is 1.47. The molecule has 2 N–H and O–H groups in total. The molecule has 0 saturated heterocycles. The number of carboxylic acids is 1. The second-order valence-corrected chi connectivity index (χ2v) is 2.66. The van der Waals surface area contributed by atoms with Gasteiger partial charge in [-0.15, -0.1) is 0 Å². The second kappa shape index (κ2) is 8.99. The summed E-state index contributed by atoms with van der Waals surface area (Å²) in [6.45, 7) is 6.64. The Labute approximate surface area is 78.0 Å². The molecule has 0 aromatic heterocycles. The van der Waals surface area contributed by atoms with Crippen molar-refractivity contribution in [2.75, 3.05) is 13.1 Å². The number of carbonyl (C=O) groups is 2. The lowest BCUT2D eigenvalue weighted by Crippen LogP contribution is -2.35. The van der Waals surface area contributed by atoms with Crippen LogP contribution in [0.25, 0.3) is 0 Å². The highest BCUT2D eigenvalue weighted by atomic mass is 16.4. The van der Waals surface area contributed by atoms with Crippen LogP contribution >= 0.6 is 0 Å². The molecule has 0 heterocycles. The Kier molecular flexibility index (Phi) is 9.98. The molecule has 0 fully saturated rings. The van der Waals surface area contributed by atoms with Gasteiger partial charge in [-0.25, -0.2) is 0 Å². The lowest BCUT2D eigenvalue weighted by molar-refractivity contribution is -0.138. The summed E-state index contributed by atoms with van der Waals surface area (Å²) < 4.78 is 0. The summed E-state index contributed by atoms with van der Waals surface area (Å²) in [5.41, 5.74) is 0. The summed E-state index contributed by atoms with van der Waals surface area (Å²) in [6.07, 6.45) is 0. The Morgan fingerprint density at radius 1 is 1.54 bits per heavy atom. The van der Waals surface area contributed by atoms with Crippen LogP contribution < -0.4 is 0 Å². The largest absolute Gasteiger partial charge is 0.483 e. The quantitative estimate of drug-likeness (QED) is 0.633. The Bertz CT molecular complexity index is 147. The van der Waals surface area contributed by atoms with Crippen LogP contribution in [0.3, 0.4) is 0 Å². The Balaban J connectivity index is 0. The Morgan fingerprint density at radius 3 is 2.00 bits per heavy atom. The predicted molar refractivity (Wildman–Crippen MR) is 48.7 cm³/mol. The molecule has 5 heteroatoms. The van der Waals surface area contributed by atoms with E-state index >= 15 is 0 Å². The molecule has 0 rings (SSSR count). The van der Waals surface area contributed by atoms with E-state index in [9.17, 15) is 4.79 Å².